The van der Waals surface area contributed by atoms with Crippen molar-refractivity contribution in [3.63, 3.8) is 0 Å². The van der Waals surface area contributed by atoms with Crippen molar-refractivity contribution < 1.29 is 4.39 Å². The first kappa shape index (κ1) is 13.9. The van der Waals surface area contributed by atoms with Gasteiger partial charge in [-0.25, -0.2) is 4.39 Å². The Balaban J connectivity index is 2.21. The van der Waals surface area contributed by atoms with E-state index in [1.54, 1.807) is 6.07 Å². The van der Waals surface area contributed by atoms with E-state index in [1.165, 1.54) is 17.4 Å². The number of thiophene rings is 1. The molecule has 0 amide bonds. The lowest BCUT2D eigenvalue weighted by Gasteiger charge is -2.16. The molecule has 1 unspecified atom stereocenters. The fourth-order valence-corrected chi connectivity index (χ4v) is 3.11. The zero-order valence-electron chi connectivity index (χ0n) is 9.51. The van der Waals surface area contributed by atoms with Crippen LogP contribution in [-0.4, -0.2) is 0 Å². The highest BCUT2D eigenvalue weighted by molar-refractivity contribution is 14.1. The Bertz CT molecular complexity index is 573. The lowest BCUT2D eigenvalue weighted by atomic mass is 10.2. The molecule has 96 valence electrons. The summed E-state index contributed by atoms with van der Waals surface area (Å²) in [6.45, 7) is 1.98. The number of nitrogen functional groups attached to an aromatic ring is 1. The van der Waals surface area contributed by atoms with Crippen molar-refractivity contribution in [2.24, 2.45) is 0 Å². The minimum absolute atomic E-state index is 0.0317. The van der Waals surface area contributed by atoms with Crippen LogP contribution in [0.3, 0.4) is 0 Å². The first-order valence-electron chi connectivity index (χ1n) is 5.23. The molecule has 0 saturated heterocycles. The molecular formula is C12H11ClFIN2S. The van der Waals surface area contributed by atoms with E-state index in [4.69, 9.17) is 17.3 Å². The number of hydrogen-bond acceptors (Lipinski definition) is 3. The summed E-state index contributed by atoms with van der Waals surface area (Å²) >= 11 is 9.30. The van der Waals surface area contributed by atoms with Crippen molar-refractivity contribution in [2.75, 3.05) is 11.1 Å². The van der Waals surface area contributed by atoms with E-state index in [2.05, 4.69) is 5.32 Å². The summed E-state index contributed by atoms with van der Waals surface area (Å²) < 4.78 is 14.7. The van der Waals surface area contributed by atoms with E-state index in [1.807, 2.05) is 41.6 Å². The van der Waals surface area contributed by atoms with Gasteiger partial charge < -0.3 is 11.1 Å². The number of rotatable bonds is 3. The van der Waals surface area contributed by atoms with Gasteiger partial charge in [0.25, 0.3) is 0 Å². The van der Waals surface area contributed by atoms with Crippen molar-refractivity contribution >= 4 is 56.9 Å². The van der Waals surface area contributed by atoms with Crippen LogP contribution in [-0.2, 0) is 0 Å². The number of hydrogen-bond donors (Lipinski definition) is 2. The minimum Gasteiger partial charge on any atom is -0.397 e. The van der Waals surface area contributed by atoms with E-state index < -0.39 is 0 Å². The minimum atomic E-state index is -0.274. The van der Waals surface area contributed by atoms with Crippen molar-refractivity contribution in [3.05, 3.63) is 42.9 Å². The molecule has 1 aromatic heterocycles. The zero-order valence-corrected chi connectivity index (χ0v) is 13.2. The smallest absolute Gasteiger partial charge is 0.138 e. The van der Waals surface area contributed by atoms with Gasteiger partial charge in [-0.3, -0.25) is 0 Å². The van der Waals surface area contributed by atoms with Crippen LogP contribution in [0, 0.1) is 9.39 Å². The summed E-state index contributed by atoms with van der Waals surface area (Å²) in [4.78, 5) is 1.08. The standard InChI is InChI=1S/C12H11ClFIN2S/c1-6(11-2-3-12(13)18-11)17-10-4-7(14)8(15)5-9(10)16/h2-6,17H,16H2,1H3. The number of nitrogens with one attached hydrogen (secondary N) is 1. The van der Waals surface area contributed by atoms with Gasteiger partial charge >= 0.3 is 0 Å². The number of halogens is 3. The molecule has 1 atom stereocenters. The molecule has 0 aliphatic rings. The lowest BCUT2D eigenvalue weighted by molar-refractivity contribution is 0.620. The summed E-state index contributed by atoms with van der Waals surface area (Å²) in [6.07, 6.45) is 0. The van der Waals surface area contributed by atoms with Gasteiger partial charge in [0.1, 0.15) is 5.82 Å². The van der Waals surface area contributed by atoms with Crippen LogP contribution in [0.25, 0.3) is 0 Å². The molecule has 6 heteroatoms. The monoisotopic (exact) mass is 396 g/mol. The predicted molar refractivity (Wildman–Crippen MR) is 84.9 cm³/mol. The van der Waals surface area contributed by atoms with E-state index in [0.29, 0.717) is 14.9 Å². The Morgan fingerprint density at radius 3 is 2.78 bits per heavy atom. The van der Waals surface area contributed by atoms with Gasteiger partial charge in [-0.1, -0.05) is 11.6 Å². The van der Waals surface area contributed by atoms with Gasteiger partial charge in [0.15, 0.2) is 0 Å². The first-order valence-corrected chi connectivity index (χ1v) is 7.51. The SMILES string of the molecule is CC(Nc1cc(F)c(I)cc1N)c1ccc(Cl)s1. The third-order valence-corrected chi connectivity index (χ3v) is 4.73. The molecule has 18 heavy (non-hydrogen) atoms. The molecule has 2 rings (SSSR count). The summed E-state index contributed by atoms with van der Waals surface area (Å²) in [5.74, 6) is -0.274. The van der Waals surface area contributed by atoms with Crippen molar-refractivity contribution in [3.8, 4) is 0 Å². The van der Waals surface area contributed by atoms with Crippen molar-refractivity contribution in [1.29, 1.82) is 0 Å². The Morgan fingerprint density at radius 2 is 2.17 bits per heavy atom. The highest BCUT2D eigenvalue weighted by Crippen LogP contribution is 2.31. The summed E-state index contributed by atoms with van der Waals surface area (Å²) in [7, 11) is 0. The van der Waals surface area contributed by atoms with Crippen LogP contribution in [0.15, 0.2) is 24.3 Å². The van der Waals surface area contributed by atoms with Crippen LogP contribution in [0.1, 0.15) is 17.8 Å². The maximum atomic E-state index is 13.5. The number of anilines is 2. The Hall–Kier alpha value is -0.530. The molecule has 0 saturated carbocycles. The fraction of sp³-hybridized carbons (Fsp3) is 0.167. The summed E-state index contributed by atoms with van der Waals surface area (Å²) in [5, 5.41) is 3.19. The molecule has 0 fully saturated rings. The van der Waals surface area contributed by atoms with Crippen LogP contribution in [0.2, 0.25) is 4.34 Å². The fourth-order valence-electron chi connectivity index (χ4n) is 1.55. The summed E-state index contributed by atoms with van der Waals surface area (Å²) in [6, 6.07) is 6.86. The number of benzene rings is 1. The van der Waals surface area contributed by atoms with E-state index in [9.17, 15) is 4.39 Å². The summed E-state index contributed by atoms with van der Waals surface area (Å²) in [5.41, 5.74) is 7.00. The quantitative estimate of drug-likeness (QED) is 0.572. The molecule has 3 N–H and O–H groups in total. The molecule has 2 aromatic rings. The van der Waals surface area contributed by atoms with E-state index in [-0.39, 0.29) is 11.9 Å². The first-order chi connectivity index (χ1) is 8.47. The Labute approximate surface area is 127 Å². The molecule has 0 spiro atoms. The maximum Gasteiger partial charge on any atom is 0.138 e. The van der Waals surface area contributed by atoms with Gasteiger partial charge in [-0.05, 0) is 47.7 Å². The molecule has 1 aromatic carbocycles. The van der Waals surface area contributed by atoms with Gasteiger partial charge in [-0.15, -0.1) is 11.3 Å². The van der Waals surface area contributed by atoms with Crippen molar-refractivity contribution in [2.45, 2.75) is 13.0 Å². The van der Waals surface area contributed by atoms with E-state index in [0.717, 1.165) is 9.21 Å². The van der Waals surface area contributed by atoms with Crippen LogP contribution < -0.4 is 11.1 Å². The largest absolute Gasteiger partial charge is 0.397 e. The second-order valence-corrected chi connectivity index (χ2v) is 6.77. The van der Waals surface area contributed by atoms with Gasteiger partial charge in [0.2, 0.25) is 0 Å². The Kier molecular flexibility index (Phi) is 4.34. The topological polar surface area (TPSA) is 38.0 Å². The highest BCUT2D eigenvalue weighted by Gasteiger charge is 2.11. The molecule has 0 bridgehead atoms. The molecule has 0 aliphatic carbocycles. The third-order valence-electron chi connectivity index (χ3n) is 2.49. The molecule has 0 aliphatic heterocycles. The van der Waals surface area contributed by atoms with Crippen LogP contribution >= 0.6 is 45.5 Å². The van der Waals surface area contributed by atoms with Gasteiger partial charge in [0, 0.05) is 10.9 Å². The second kappa shape index (κ2) is 5.63. The van der Waals surface area contributed by atoms with Crippen LogP contribution in [0.4, 0.5) is 15.8 Å². The third kappa shape index (κ3) is 3.07. The zero-order chi connectivity index (χ0) is 13.3. The van der Waals surface area contributed by atoms with E-state index >= 15 is 0 Å². The van der Waals surface area contributed by atoms with Crippen LogP contribution in [0.5, 0.6) is 0 Å². The van der Waals surface area contributed by atoms with Crippen molar-refractivity contribution in [1.82, 2.24) is 0 Å². The number of nitrogens with two attached hydrogens (primary N) is 1. The average Bonchev–Trinajstić information content (AvgIpc) is 2.73. The maximum absolute atomic E-state index is 13.5. The van der Waals surface area contributed by atoms with Gasteiger partial charge in [-0.2, -0.15) is 0 Å². The lowest BCUT2D eigenvalue weighted by Crippen LogP contribution is -2.07. The molecule has 1 heterocycles. The average molecular weight is 397 g/mol. The molecule has 0 radical (unpaired) electrons. The second-order valence-electron chi connectivity index (χ2n) is 3.86. The normalized spacial score (nSPS) is 12.4. The predicted octanol–water partition coefficient (Wildman–Crippen LogP) is 4.90. The molecular weight excluding hydrogens is 386 g/mol. The van der Waals surface area contributed by atoms with Gasteiger partial charge in [0.05, 0.1) is 25.3 Å². The Morgan fingerprint density at radius 1 is 1.44 bits per heavy atom. The molecule has 2 nitrogen and oxygen atoms in total. The highest BCUT2D eigenvalue weighted by atomic mass is 127.